The molecule has 0 aliphatic carbocycles. The fraction of sp³-hybridized carbons (Fsp3) is 0.368. The van der Waals surface area contributed by atoms with Crippen molar-refractivity contribution in [2.24, 2.45) is 0 Å². The Bertz CT molecular complexity index is 817. The zero-order chi connectivity index (χ0) is 18.1. The second-order valence-corrected chi connectivity index (χ2v) is 6.33. The third kappa shape index (κ3) is 2.88. The lowest BCUT2D eigenvalue weighted by molar-refractivity contribution is -0.150. The van der Waals surface area contributed by atoms with Gasteiger partial charge in [0.1, 0.15) is 23.4 Å². The molecular weight excluding hydrogens is 322 g/mol. The summed E-state index contributed by atoms with van der Waals surface area (Å²) in [5, 5.41) is 20.6. The molecule has 1 aliphatic rings. The number of carbonyl (C=O) groups is 2. The molecule has 132 valence electrons. The van der Waals surface area contributed by atoms with Gasteiger partial charge in [0.25, 0.3) is 5.91 Å². The van der Waals surface area contributed by atoms with Gasteiger partial charge in [-0.25, -0.2) is 4.79 Å². The van der Waals surface area contributed by atoms with E-state index in [1.54, 1.807) is 13.0 Å². The lowest BCUT2D eigenvalue weighted by Gasteiger charge is -2.30. The van der Waals surface area contributed by atoms with Crippen molar-refractivity contribution >= 4 is 22.8 Å². The predicted octanol–water partition coefficient (Wildman–Crippen LogP) is 3.79. The number of carbonyl (C=O) groups excluding carboxylic acids is 1. The molecule has 25 heavy (non-hydrogen) atoms. The second kappa shape index (κ2) is 6.63. The summed E-state index contributed by atoms with van der Waals surface area (Å²) in [5.74, 6) is -1.68. The topological polar surface area (TPSA) is 91.0 Å². The molecule has 0 saturated heterocycles. The SMILES string of the molecule is CCCCC(C(=O)O)N1C(=O)C(O)=C(C)C1c1cc2ccccc2o1. The van der Waals surface area contributed by atoms with Crippen molar-refractivity contribution < 1.29 is 24.2 Å². The number of rotatable bonds is 6. The molecule has 2 heterocycles. The highest BCUT2D eigenvalue weighted by molar-refractivity contribution is 5.98. The summed E-state index contributed by atoms with van der Waals surface area (Å²) in [6.45, 7) is 3.59. The second-order valence-electron chi connectivity index (χ2n) is 6.33. The van der Waals surface area contributed by atoms with Gasteiger partial charge in [-0.3, -0.25) is 4.79 Å². The third-order valence-corrected chi connectivity index (χ3v) is 4.66. The largest absolute Gasteiger partial charge is 0.503 e. The minimum absolute atomic E-state index is 0.328. The molecule has 1 aliphatic heterocycles. The fourth-order valence-electron chi connectivity index (χ4n) is 3.33. The van der Waals surface area contributed by atoms with Gasteiger partial charge in [0.15, 0.2) is 5.76 Å². The van der Waals surface area contributed by atoms with E-state index >= 15 is 0 Å². The quantitative estimate of drug-likeness (QED) is 0.832. The lowest BCUT2D eigenvalue weighted by atomic mass is 10.0. The van der Waals surface area contributed by atoms with Crippen LogP contribution in [0.2, 0.25) is 0 Å². The molecule has 6 heteroatoms. The van der Waals surface area contributed by atoms with Crippen molar-refractivity contribution in [3.05, 3.63) is 47.4 Å². The van der Waals surface area contributed by atoms with Gasteiger partial charge < -0.3 is 19.5 Å². The Balaban J connectivity index is 2.06. The first-order valence-corrected chi connectivity index (χ1v) is 8.39. The number of carboxylic acid groups (broad SMARTS) is 1. The van der Waals surface area contributed by atoms with Crippen LogP contribution in [0.5, 0.6) is 0 Å². The maximum absolute atomic E-state index is 12.5. The van der Waals surface area contributed by atoms with Crippen LogP contribution < -0.4 is 0 Å². The van der Waals surface area contributed by atoms with E-state index in [1.807, 2.05) is 31.2 Å². The Labute approximate surface area is 145 Å². The van der Waals surface area contributed by atoms with Crippen LogP contribution in [0.1, 0.15) is 44.9 Å². The number of unbranched alkanes of at least 4 members (excludes halogenated alkanes) is 1. The van der Waals surface area contributed by atoms with Crippen LogP contribution in [0.25, 0.3) is 11.0 Å². The summed E-state index contributed by atoms with van der Waals surface area (Å²) >= 11 is 0. The smallest absolute Gasteiger partial charge is 0.326 e. The van der Waals surface area contributed by atoms with Crippen LogP contribution in [-0.2, 0) is 9.59 Å². The number of nitrogens with zero attached hydrogens (tertiary/aromatic N) is 1. The van der Waals surface area contributed by atoms with Crippen molar-refractivity contribution in [3.8, 4) is 0 Å². The number of para-hydroxylation sites is 1. The highest BCUT2D eigenvalue weighted by Crippen LogP contribution is 2.41. The van der Waals surface area contributed by atoms with Gasteiger partial charge in [-0.05, 0) is 25.5 Å². The number of hydrogen-bond acceptors (Lipinski definition) is 4. The van der Waals surface area contributed by atoms with E-state index in [0.29, 0.717) is 29.8 Å². The number of aliphatic hydroxyl groups is 1. The van der Waals surface area contributed by atoms with Crippen LogP contribution in [0.3, 0.4) is 0 Å². The molecular formula is C19H21NO5. The predicted molar refractivity (Wildman–Crippen MR) is 92.1 cm³/mol. The Kier molecular flexibility index (Phi) is 4.53. The van der Waals surface area contributed by atoms with Gasteiger partial charge in [0.2, 0.25) is 0 Å². The van der Waals surface area contributed by atoms with Crippen molar-refractivity contribution in [3.63, 3.8) is 0 Å². The molecule has 0 radical (unpaired) electrons. The number of benzene rings is 1. The first kappa shape index (κ1) is 17.1. The first-order valence-electron chi connectivity index (χ1n) is 8.39. The highest BCUT2D eigenvalue weighted by Gasteiger charge is 2.45. The molecule has 2 atom stereocenters. The molecule has 1 aromatic heterocycles. The lowest BCUT2D eigenvalue weighted by Crippen LogP contribution is -2.44. The van der Waals surface area contributed by atoms with Crippen molar-refractivity contribution in [1.29, 1.82) is 0 Å². The van der Waals surface area contributed by atoms with E-state index in [2.05, 4.69) is 0 Å². The molecule has 0 saturated carbocycles. The maximum atomic E-state index is 12.5. The number of carboxylic acids is 1. The van der Waals surface area contributed by atoms with E-state index < -0.39 is 29.7 Å². The Morgan fingerprint density at radius 1 is 1.36 bits per heavy atom. The van der Waals surface area contributed by atoms with Crippen LogP contribution in [-0.4, -0.2) is 33.0 Å². The molecule has 2 aromatic rings. The number of aliphatic hydroxyl groups excluding tert-OH is 1. The molecule has 0 bridgehead atoms. The van der Waals surface area contributed by atoms with E-state index in [1.165, 1.54) is 4.90 Å². The van der Waals surface area contributed by atoms with Gasteiger partial charge in [0.05, 0.1) is 0 Å². The average molecular weight is 343 g/mol. The molecule has 2 N–H and O–H groups in total. The molecule has 1 aromatic carbocycles. The zero-order valence-electron chi connectivity index (χ0n) is 14.2. The van der Waals surface area contributed by atoms with Gasteiger partial charge in [-0.15, -0.1) is 0 Å². The molecule has 0 fully saturated rings. The van der Waals surface area contributed by atoms with Crippen molar-refractivity contribution in [1.82, 2.24) is 4.90 Å². The van der Waals surface area contributed by atoms with Crippen molar-refractivity contribution in [2.75, 3.05) is 0 Å². The van der Waals surface area contributed by atoms with Gasteiger partial charge >= 0.3 is 5.97 Å². The van der Waals surface area contributed by atoms with Crippen LogP contribution >= 0.6 is 0 Å². The summed E-state index contributed by atoms with van der Waals surface area (Å²) in [6.07, 6.45) is 1.82. The third-order valence-electron chi connectivity index (χ3n) is 4.66. The summed E-state index contributed by atoms with van der Waals surface area (Å²) in [6, 6.07) is 7.48. The zero-order valence-corrected chi connectivity index (χ0v) is 14.2. The number of fused-ring (bicyclic) bond motifs is 1. The standard InChI is InChI=1S/C19H21NO5/c1-3-4-8-13(19(23)24)20-16(11(2)17(21)18(20)22)15-10-12-7-5-6-9-14(12)25-15/h5-7,9-10,13,16,21H,3-4,8H2,1-2H3,(H,23,24). The van der Waals surface area contributed by atoms with E-state index in [9.17, 15) is 19.8 Å². The van der Waals surface area contributed by atoms with Gasteiger partial charge in [-0.2, -0.15) is 0 Å². The molecule has 3 rings (SSSR count). The Morgan fingerprint density at radius 2 is 2.08 bits per heavy atom. The van der Waals surface area contributed by atoms with Gasteiger partial charge in [0, 0.05) is 11.0 Å². The molecule has 6 nitrogen and oxygen atoms in total. The minimum Gasteiger partial charge on any atom is -0.503 e. The van der Waals surface area contributed by atoms with Gasteiger partial charge in [-0.1, -0.05) is 38.0 Å². The Morgan fingerprint density at radius 3 is 2.72 bits per heavy atom. The summed E-state index contributed by atoms with van der Waals surface area (Å²) in [5.41, 5.74) is 1.07. The molecule has 1 amide bonds. The summed E-state index contributed by atoms with van der Waals surface area (Å²) in [4.78, 5) is 25.5. The molecule has 2 unspecified atom stereocenters. The van der Waals surface area contributed by atoms with E-state index in [4.69, 9.17) is 4.42 Å². The maximum Gasteiger partial charge on any atom is 0.326 e. The van der Waals surface area contributed by atoms with Crippen molar-refractivity contribution in [2.45, 2.75) is 45.2 Å². The Hall–Kier alpha value is -2.76. The van der Waals surface area contributed by atoms with E-state index in [-0.39, 0.29) is 0 Å². The number of aliphatic carboxylic acids is 1. The number of hydrogen-bond donors (Lipinski definition) is 2. The number of amides is 1. The highest BCUT2D eigenvalue weighted by atomic mass is 16.4. The van der Waals surface area contributed by atoms with Crippen LogP contribution in [0, 0.1) is 0 Å². The first-order chi connectivity index (χ1) is 12.0. The fourth-order valence-corrected chi connectivity index (χ4v) is 3.33. The van der Waals surface area contributed by atoms with E-state index in [0.717, 1.165) is 11.8 Å². The van der Waals surface area contributed by atoms with Crippen LogP contribution in [0.15, 0.2) is 46.1 Å². The minimum atomic E-state index is -1.08. The normalized spacial score (nSPS) is 19.0. The number of furan rings is 1. The average Bonchev–Trinajstić information content (AvgIpc) is 3.10. The molecule has 0 spiro atoms. The monoisotopic (exact) mass is 343 g/mol. The summed E-state index contributed by atoms with van der Waals surface area (Å²) in [7, 11) is 0. The summed E-state index contributed by atoms with van der Waals surface area (Å²) < 4.78 is 5.85. The van der Waals surface area contributed by atoms with Crippen LogP contribution in [0.4, 0.5) is 0 Å².